The van der Waals surface area contributed by atoms with Gasteiger partial charge in [0.1, 0.15) is 0 Å². The van der Waals surface area contributed by atoms with Gasteiger partial charge in [0.05, 0.1) is 11.2 Å². The van der Waals surface area contributed by atoms with Crippen LogP contribution in [0.15, 0.2) is 48.5 Å². The fourth-order valence-corrected chi connectivity index (χ4v) is 3.10. The van der Waals surface area contributed by atoms with Crippen LogP contribution in [0.5, 0.6) is 0 Å². The number of rotatable bonds is 1. The van der Waals surface area contributed by atoms with Gasteiger partial charge >= 0.3 is 0 Å². The first-order valence-corrected chi connectivity index (χ1v) is 8.55. The molecule has 0 fully saturated rings. The Kier molecular flexibility index (Phi) is 3.95. The third kappa shape index (κ3) is 3.06. The van der Waals surface area contributed by atoms with Gasteiger partial charge in [0, 0.05) is 16.4 Å². The Morgan fingerprint density at radius 3 is 1.96 bits per heavy atom. The SMILES string of the molecule is CC(C)(C)c1ccccc1-c1nc(C(C)(C)C)c2ccccc2n1. The number of aromatic nitrogens is 2. The third-order valence-corrected chi connectivity index (χ3v) is 4.29. The first-order valence-electron chi connectivity index (χ1n) is 8.55. The lowest BCUT2D eigenvalue weighted by atomic mass is 9.83. The second kappa shape index (κ2) is 5.70. The van der Waals surface area contributed by atoms with Crippen molar-refractivity contribution < 1.29 is 0 Å². The van der Waals surface area contributed by atoms with Crippen molar-refractivity contribution in [1.82, 2.24) is 9.97 Å². The summed E-state index contributed by atoms with van der Waals surface area (Å²) in [6.45, 7) is 13.3. The molecule has 2 heteroatoms. The monoisotopic (exact) mass is 318 g/mol. The van der Waals surface area contributed by atoms with E-state index in [1.807, 2.05) is 6.07 Å². The van der Waals surface area contributed by atoms with E-state index in [2.05, 4.69) is 84.0 Å². The molecule has 0 bridgehead atoms. The van der Waals surface area contributed by atoms with Gasteiger partial charge in [-0.3, -0.25) is 0 Å². The largest absolute Gasteiger partial charge is 0.232 e. The first-order chi connectivity index (χ1) is 11.2. The first kappa shape index (κ1) is 16.6. The zero-order valence-electron chi connectivity index (χ0n) is 15.5. The van der Waals surface area contributed by atoms with E-state index in [1.165, 1.54) is 5.56 Å². The van der Waals surface area contributed by atoms with Crippen molar-refractivity contribution in [2.75, 3.05) is 0 Å². The van der Waals surface area contributed by atoms with Crippen LogP contribution in [0, 0.1) is 0 Å². The van der Waals surface area contributed by atoms with Gasteiger partial charge in [0.2, 0.25) is 0 Å². The summed E-state index contributed by atoms with van der Waals surface area (Å²) in [4.78, 5) is 9.89. The van der Waals surface area contributed by atoms with Crippen LogP contribution in [0.25, 0.3) is 22.3 Å². The number of benzene rings is 2. The van der Waals surface area contributed by atoms with Crippen LogP contribution in [0.2, 0.25) is 0 Å². The topological polar surface area (TPSA) is 25.8 Å². The zero-order valence-corrected chi connectivity index (χ0v) is 15.5. The maximum Gasteiger partial charge on any atom is 0.160 e. The molecule has 124 valence electrons. The van der Waals surface area contributed by atoms with Crippen LogP contribution in [-0.4, -0.2) is 9.97 Å². The van der Waals surface area contributed by atoms with Crippen LogP contribution in [0.1, 0.15) is 52.8 Å². The molecule has 0 aliphatic rings. The van der Waals surface area contributed by atoms with Crippen LogP contribution in [-0.2, 0) is 10.8 Å². The molecule has 0 saturated carbocycles. The average Bonchev–Trinajstić information content (AvgIpc) is 2.52. The summed E-state index contributed by atoms with van der Waals surface area (Å²) < 4.78 is 0. The van der Waals surface area contributed by atoms with Crippen molar-refractivity contribution in [1.29, 1.82) is 0 Å². The van der Waals surface area contributed by atoms with E-state index in [1.54, 1.807) is 0 Å². The summed E-state index contributed by atoms with van der Waals surface area (Å²) in [7, 11) is 0. The van der Waals surface area contributed by atoms with Gasteiger partial charge in [-0.25, -0.2) is 9.97 Å². The van der Waals surface area contributed by atoms with Crippen molar-refractivity contribution in [2.24, 2.45) is 0 Å². The average molecular weight is 318 g/mol. The highest BCUT2D eigenvalue weighted by atomic mass is 14.9. The molecule has 0 radical (unpaired) electrons. The van der Waals surface area contributed by atoms with Crippen LogP contribution < -0.4 is 0 Å². The Morgan fingerprint density at radius 2 is 1.29 bits per heavy atom. The van der Waals surface area contributed by atoms with E-state index in [4.69, 9.17) is 9.97 Å². The van der Waals surface area contributed by atoms with Gasteiger partial charge in [-0.1, -0.05) is 84.0 Å². The van der Waals surface area contributed by atoms with E-state index < -0.39 is 0 Å². The van der Waals surface area contributed by atoms with Crippen molar-refractivity contribution in [2.45, 2.75) is 52.4 Å². The maximum absolute atomic E-state index is 5.01. The molecule has 0 atom stereocenters. The zero-order chi connectivity index (χ0) is 17.5. The molecular weight excluding hydrogens is 292 g/mol. The van der Waals surface area contributed by atoms with Gasteiger partial charge < -0.3 is 0 Å². The molecule has 0 aliphatic carbocycles. The lowest BCUT2D eigenvalue weighted by Gasteiger charge is -2.24. The third-order valence-electron chi connectivity index (χ3n) is 4.29. The molecule has 24 heavy (non-hydrogen) atoms. The summed E-state index contributed by atoms with van der Waals surface area (Å²) in [5.74, 6) is 0.823. The van der Waals surface area contributed by atoms with Crippen molar-refractivity contribution in [3.8, 4) is 11.4 Å². The molecule has 0 N–H and O–H groups in total. The Labute approximate surface area is 145 Å². The van der Waals surface area contributed by atoms with Crippen LogP contribution in [0.4, 0.5) is 0 Å². The highest BCUT2D eigenvalue weighted by molar-refractivity contribution is 5.84. The summed E-state index contributed by atoms with van der Waals surface area (Å²) in [6.07, 6.45) is 0. The molecule has 0 saturated heterocycles. The number of para-hydroxylation sites is 1. The highest BCUT2D eigenvalue weighted by Gasteiger charge is 2.24. The Bertz CT molecular complexity index is 880. The van der Waals surface area contributed by atoms with Gasteiger partial charge in [-0.15, -0.1) is 0 Å². The Hall–Kier alpha value is -2.22. The summed E-state index contributed by atoms with van der Waals surface area (Å²) in [6, 6.07) is 16.8. The number of hydrogen-bond donors (Lipinski definition) is 0. The lowest BCUT2D eigenvalue weighted by Crippen LogP contribution is -2.17. The number of fused-ring (bicyclic) bond motifs is 1. The van der Waals surface area contributed by atoms with Gasteiger partial charge in [-0.2, -0.15) is 0 Å². The quantitative estimate of drug-likeness (QED) is 0.559. The fourth-order valence-electron chi connectivity index (χ4n) is 3.10. The normalized spacial score (nSPS) is 12.6. The van der Waals surface area contributed by atoms with E-state index in [9.17, 15) is 0 Å². The van der Waals surface area contributed by atoms with Gasteiger partial charge in [0.15, 0.2) is 5.82 Å². The predicted molar refractivity (Wildman–Crippen MR) is 102 cm³/mol. The Morgan fingerprint density at radius 1 is 0.667 bits per heavy atom. The van der Waals surface area contributed by atoms with E-state index >= 15 is 0 Å². The van der Waals surface area contributed by atoms with E-state index in [-0.39, 0.29) is 10.8 Å². The number of hydrogen-bond acceptors (Lipinski definition) is 2. The highest BCUT2D eigenvalue weighted by Crippen LogP contribution is 2.34. The summed E-state index contributed by atoms with van der Waals surface area (Å²) in [5.41, 5.74) is 4.53. The minimum absolute atomic E-state index is 0.0338. The van der Waals surface area contributed by atoms with Crippen molar-refractivity contribution in [3.63, 3.8) is 0 Å². The lowest BCUT2D eigenvalue weighted by molar-refractivity contribution is 0.573. The molecule has 0 unspecified atom stereocenters. The molecule has 0 spiro atoms. The molecule has 3 aromatic rings. The molecule has 3 rings (SSSR count). The molecule has 1 heterocycles. The second-order valence-corrected chi connectivity index (χ2v) is 8.46. The second-order valence-electron chi connectivity index (χ2n) is 8.46. The van der Waals surface area contributed by atoms with Crippen molar-refractivity contribution in [3.05, 3.63) is 59.8 Å². The maximum atomic E-state index is 5.01. The molecule has 1 aromatic heterocycles. The Balaban J connectivity index is 2.34. The molecule has 2 nitrogen and oxygen atoms in total. The van der Waals surface area contributed by atoms with Crippen LogP contribution in [0.3, 0.4) is 0 Å². The predicted octanol–water partition coefficient (Wildman–Crippen LogP) is 5.89. The number of nitrogens with zero attached hydrogens (tertiary/aromatic N) is 2. The standard InChI is InChI=1S/C22H26N2/c1-21(2,3)17-13-9-7-11-15(17)20-23-18-14-10-8-12-16(18)19(24-20)22(4,5)6/h7-14H,1-6H3. The molecular formula is C22H26N2. The minimum atomic E-state index is -0.0338. The van der Waals surface area contributed by atoms with Gasteiger partial charge in [0.25, 0.3) is 0 Å². The molecule has 0 aliphatic heterocycles. The van der Waals surface area contributed by atoms with Crippen LogP contribution >= 0.6 is 0 Å². The van der Waals surface area contributed by atoms with E-state index in [0.29, 0.717) is 0 Å². The van der Waals surface area contributed by atoms with E-state index in [0.717, 1.165) is 28.0 Å². The molecule has 2 aromatic carbocycles. The molecule has 0 amide bonds. The smallest absolute Gasteiger partial charge is 0.160 e. The summed E-state index contributed by atoms with van der Waals surface area (Å²) in [5, 5.41) is 1.14. The summed E-state index contributed by atoms with van der Waals surface area (Å²) >= 11 is 0. The van der Waals surface area contributed by atoms with Crippen molar-refractivity contribution >= 4 is 10.9 Å². The minimum Gasteiger partial charge on any atom is -0.232 e. The van der Waals surface area contributed by atoms with Gasteiger partial charge in [-0.05, 0) is 17.0 Å². The fraction of sp³-hybridized carbons (Fsp3) is 0.364.